The molecule has 0 aliphatic carbocycles. The van der Waals surface area contributed by atoms with Gasteiger partial charge in [0.15, 0.2) is 6.10 Å². The summed E-state index contributed by atoms with van der Waals surface area (Å²) in [5, 5.41) is 0. The fraction of sp³-hybridized carbons (Fsp3) is 0.562. The van der Waals surface area contributed by atoms with Crippen molar-refractivity contribution in [3.8, 4) is 11.5 Å². The standard InChI is InChI=1S/C16H20O4S2/c1-4-19-15(17)14-9-16(21-5-6-22-16)11-8-12(18-3)10(2)7-13(11)20-14/h7-8,14H,4-6,9H2,1-3H3. The molecule has 6 heteroatoms. The van der Waals surface area contributed by atoms with Gasteiger partial charge in [-0.25, -0.2) is 4.79 Å². The van der Waals surface area contributed by atoms with E-state index in [-0.39, 0.29) is 10.0 Å². The van der Waals surface area contributed by atoms with Gasteiger partial charge in [-0.1, -0.05) is 0 Å². The van der Waals surface area contributed by atoms with Crippen molar-refractivity contribution in [3.05, 3.63) is 23.3 Å². The second-order valence-electron chi connectivity index (χ2n) is 5.33. The van der Waals surface area contributed by atoms with Crippen LogP contribution in [0.3, 0.4) is 0 Å². The van der Waals surface area contributed by atoms with Crippen molar-refractivity contribution in [1.82, 2.24) is 0 Å². The quantitative estimate of drug-likeness (QED) is 0.786. The van der Waals surface area contributed by atoms with Gasteiger partial charge < -0.3 is 14.2 Å². The molecule has 1 saturated heterocycles. The summed E-state index contributed by atoms with van der Waals surface area (Å²) < 4.78 is 16.5. The highest BCUT2D eigenvalue weighted by Crippen LogP contribution is 2.60. The summed E-state index contributed by atoms with van der Waals surface area (Å²) in [5.41, 5.74) is 2.14. The average Bonchev–Trinajstić information content (AvgIpc) is 2.95. The minimum Gasteiger partial charge on any atom is -0.496 e. The van der Waals surface area contributed by atoms with Crippen LogP contribution in [0.5, 0.6) is 11.5 Å². The first-order valence-corrected chi connectivity index (χ1v) is 9.37. The maximum Gasteiger partial charge on any atom is 0.347 e. The van der Waals surface area contributed by atoms with Gasteiger partial charge in [0.1, 0.15) is 11.5 Å². The molecular weight excluding hydrogens is 320 g/mol. The third-order valence-corrected chi connectivity index (χ3v) is 7.42. The topological polar surface area (TPSA) is 44.8 Å². The molecule has 0 N–H and O–H groups in total. The highest BCUT2D eigenvalue weighted by molar-refractivity contribution is 8.20. The normalized spacial score (nSPS) is 22.0. The van der Waals surface area contributed by atoms with Crippen LogP contribution in [0.2, 0.25) is 0 Å². The third kappa shape index (κ3) is 2.67. The molecule has 2 aliphatic rings. The van der Waals surface area contributed by atoms with Crippen molar-refractivity contribution in [2.75, 3.05) is 25.2 Å². The number of thioether (sulfide) groups is 2. The van der Waals surface area contributed by atoms with Gasteiger partial charge in [-0.2, -0.15) is 0 Å². The van der Waals surface area contributed by atoms with Crippen molar-refractivity contribution in [2.24, 2.45) is 0 Å². The van der Waals surface area contributed by atoms with Crippen molar-refractivity contribution < 1.29 is 19.0 Å². The fourth-order valence-corrected chi connectivity index (χ4v) is 6.25. The van der Waals surface area contributed by atoms with E-state index in [1.807, 2.05) is 43.4 Å². The van der Waals surface area contributed by atoms with Crippen LogP contribution in [0, 0.1) is 6.92 Å². The van der Waals surface area contributed by atoms with Gasteiger partial charge in [-0.3, -0.25) is 0 Å². The first-order valence-electron chi connectivity index (χ1n) is 7.40. The molecule has 4 nitrogen and oxygen atoms in total. The van der Waals surface area contributed by atoms with Gasteiger partial charge in [0.2, 0.25) is 0 Å². The number of methoxy groups -OCH3 is 1. The summed E-state index contributed by atoms with van der Waals surface area (Å²) in [4.78, 5) is 12.2. The van der Waals surface area contributed by atoms with Crippen LogP contribution in [0.4, 0.5) is 0 Å². The molecule has 1 fully saturated rings. The maximum absolute atomic E-state index is 12.2. The molecule has 1 unspecified atom stereocenters. The highest BCUT2D eigenvalue weighted by Gasteiger charge is 2.48. The monoisotopic (exact) mass is 340 g/mol. The minimum atomic E-state index is -0.529. The zero-order chi connectivity index (χ0) is 15.7. The van der Waals surface area contributed by atoms with E-state index in [0.717, 1.165) is 34.1 Å². The molecular formula is C16H20O4S2. The van der Waals surface area contributed by atoms with E-state index in [1.165, 1.54) is 0 Å². The number of fused-ring (bicyclic) bond motifs is 2. The Bertz CT molecular complexity index is 582. The molecule has 0 aromatic heterocycles. The molecule has 0 amide bonds. The zero-order valence-corrected chi connectivity index (χ0v) is 14.6. The van der Waals surface area contributed by atoms with Gasteiger partial charge in [0, 0.05) is 23.5 Å². The lowest BCUT2D eigenvalue weighted by atomic mass is 9.98. The van der Waals surface area contributed by atoms with Crippen molar-refractivity contribution in [1.29, 1.82) is 0 Å². The minimum absolute atomic E-state index is 0.133. The molecule has 0 bridgehead atoms. The molecule has 1 aromatic carbocycles. The molecule has 0 saturated carbocycles. The number of aryl methyl sites for hydroxylation is 1. The average molecular weight is 340 g/mol. The van der Waals surface area contributed by atoms with Crippen LogP contribution >= 0.6 is 23.5 Å². The Hall–Kier alpha value is -1.01. The first-order chi connectivity index (χ1) is 10.6. The van der Waals surface area contributed by atoms with Crippen molar-refractivity contribution >= 4 is 29.5 Å². The molecule has 3 rings (SSSR count). The van der Waals surface area contributed by atoms with Crippen LogP contribution in [0.1, 0.15) is 24.5 Å². The number of carbonyl (C=O) groups excluding carboxylic acids is 1. The third-order valence-electron chi connectivity index (χ3n) is 3.93. The predicted octanol–water partition coefficient (Wildman–Crippen LogP) is 3.35. The first kappa shape index (κ1) is 15.9. The Labute approximate surface area is 139 Å². The van der Waals surface area contributed by atoms with E-state index in [4.69, 9.17) is 14.2 Å². The number of hydrogen-bond donors (Lipinski definition) is 0. The number of ether oxygens (including phenoxy) is 3. The summed E-state index contributed by atoms with van der Waals surface area (Å²) in [6.45, 7) is 4.18. The molecule has 22 heavy (non-hydrogen) atoms. The van der Waals surface area contributed by atoms with Crippen molar-refractivity contribution in [3.63, 3.8) is 0 Å². The predicted molar refractivity (Wildman–Crippen MR) is 90.0 cm³/mol. The van der Waals surface area contributed by atoms with Gasteiger partial charge in [-0.15, -0.1) is 23.5 Å². The lowest BCUT2D eigenvalue weighted by Gasteiger charge is -2.38. The molecule has 2 aliphatic heterocycles. The second-order valence-corrected chi connectivity index (χ2v) is 8.38. The molecule has 2 heterocycles. The Kier molecular flexibility index (Phi) is 4.50. The van der Waals surface area contributed by atoms with Gasteiger partial charge in [0.05, 0.1) is 17.8 Å². The van der Waals surface area contributed by atoms with Gasteiger partial charge in [0.25, 0.3) is 0 Å². The van der Waals surface area contributed by atoms with E-state index in [2.05, 4.69) is 6.07 Å². The van der Waals surface area contributed by atoms with Crippen LogP contribution < -0.4 is 9.47 Å². The largest absolute Gasteiger partial charge is 0.496 e. The summed E-state index contributed by atoms with van der Waals surface area (Å²) in [7, 11) is 1.68. The molecule has 1 atom stereocenters. The zero-order valence-electron chi connectivity index (χ0n) is 13.0. The Morgan fingerprint density at radius 1 is 1.41 bits per heavy atom. The number of rotatable bonds is 3. The summed E-state index contributed by atoms with van der Waals surface area (Å²) >= 11 is 3.78. The number of esters is 1. The molecule has 120 valence electrons. The maximum atomic E-state index is 12.2. The van der Waals surface area contributed by atoms with Crippen LogP contribution in [-0.2, 0) is 13.6 Å². The SMILES string of the molecule is CCOC(=O)C1CC2(SCCS2)c2cc(OC)c(C)cc2O1. The van der Waals surface area contributed by atoms with Crippen molar-refractivity contribution in [2.45, 2.75) is 30.5 Å². The number of hydrogen-bond acceptors (Lipinski definition) is 6. The van der Waals surface area contributed by atoms with Crippen LogP contribution in [0.25, 0.3) is 0 Å². The number of carbonyl (C=O) groups is 1. The van der Waals surface area contributed by atoms with E-state index in [1.54, 1.807) is 7.11 Å². The van der Waals surface area contributed by atoms with E-state index in [9.17, 15) is 4.79 Å². The Morgan fingerprint density at radius 2 is 2.14 bits per heavy atom. The van der Waals surface area contributed by atoms with Crippen LogP contribution in [-0.4, -0.2) is 37.3 Å². The molecule has 0 radical (unpaired) electrons. The van der Waals surface area contributed by atoms with Crippen LogP contribution in [0.15, 0.2) is 12.1 Å². The van der Waals surface area contributed by atoms with E-state index < -0.39 is 6.10 Å². The molecule has 1 aromatic rings. The molecule has 1 spiro atoms. The van der Waals surface area contributed by atoms with E-state index in [0.29, 0.717) is 13.0 Å². The summed E-state index contributed by atoms with van der Waals surface area (Å²) in [5.74, 6) is 3.54. The van der Waals surface area contributed by atoms with Gasteiger partial charge >= 0.3 is 5.97 Å². The Morgan fingerprint density at radius 3 is 2.77 bits per heavy atom. The fourth-order valence-electron chi connectivity index (χ4n) is 2.92. The lowest BCUT2D eigenvalue weighted by molar-refractivity contribution is -0.152. The smallest absolute Gasteiger partial charge is 0.347 e. The van der Waals surface area contributed by atoms with E-state index >= 15 is 0 Å². The summed E-state index contributed by atoms with van der Waals surface area (Å²) in [6.07, 6.45) is 0.110. The number of benzene rings is 1. The lowest BCUT2D eigenvalue weighted by Crippen LogP contribution is -2.39. The second kappa shape index (κ2) is 6.24. The van der Waals surface area contributed by atoms with Gasteiger partial charge in [-0.05, 0) is 31.5 Å². The summed E-state index contributed by atoms with van der Waals surface area (Å²) in [6, 6.07) is 4.04. The Balaban J connectivity index is 2.02. The highest BCUT2D eigenvalue weighted by atomic mass is 32.2.